The van der Waals surface area contributed by atoms with Crippen LogP contribution >= 0.6 is 0 Å². The molecule has 0 spiro atoms. The number of hydrogen-bond acceptors (Lipinski definition) is 2. The number of carbonyl (C=O) groups is 1. The molecule has 0 aromatic rings. The number of carboxylic acids is 1. The molecule has 0 rings (SSSR count). The Kier molecular flexibility index (Phi) is 6.43. The number of rotatable bonds is 2. The largest absolute Gasteiger partial charge is 0.490 e. The summed E-state index contributed by atoms with van der Waals surface area (Å²) in [4.78, 5) is 8.90. The van der Waals surface area contributed by atoms with Crippen molar-refractivity contribution < 1.29 is 31.9 Å². The van der Waals surface area contributed by atoms with E-state index >= 15 is 0 Å². The highest BCUT2D eigenvalue weighted by molar-refractivity contribution is 5.73. The molecule has 3 nitrogen and oxygen atoms in total. The molecule has 15 heavy (non-hydrogen) atoms. The second kappa shape index (κ2) is 5.84. The average molecular weight is 237 g/mol. The minimum absolute atomic E-state index is 1.04. The summed E-state index contributed by atoms with van der Waals surface area (Å²) in [6, 6.07) is 0. The van der Waals surface area contributed by atoms with Crippen LogP contribution in [0.3, 0.4) is 0 Å². The molecule has 0 aliphatic heterocycles. The number of carboxylic acid groups (broad SMARTS) is 1. The molecule has 8 heteroatoms. The first-order chi connectivity index (χ1) is 6.45. The Morgan fingerprint density at radius 3 is 1.53 bits per heavy atom. The summed E-state index contributed by atoms with van der Waals surface area (Å²) in [6.07, 6.45) is -7.38. The molecule has 92 valence electrons. The molecule has 0 saturated heterocycles. The Morgan fingerprint density at radius 2 is 1.53 bits per heavy atom. The van der Waals surface area contributed by atoms with Gasteiger partial charge in [0.1, 0.15) is 0 Å². The normalized spacial score (nSPS) is 12.1. The minimum Gasteiger partial charge on any atom is -0.475 e. The summed E-state index contributed by atoms with van der Waals surface area (Å²) in [5, 5.41) is 9.62. The van der Waals surface area contributed by atoms with Crippen molar-refractivity contribution in [3.63, 3.8) is 0 Å². The van der Waals surface area contributed by atoms with Crippen LogP contribution in [0.4, 0.5) is 22.0 Å². The second-order valence-corrected chi connectivity index (χ2v) is 3.08. The van der Waals surface area contributed by atoms with E-state index in [1.54, 1.807) is 0 Å². The molecule has 0 aliphatic rings. The molecule has 0 radical (unpaired) electrons. The molecule has 0 bridgehead atoms. The van der Waals surface area contributed by atoms with Gasteiger partial charge in [0.2, 0.25) is 0 Å². The van der Waals surface area contributed by atoms with Crippen molar-refractivity contribution in [2.75, 3.05) is 7.05 Å². The van der Waals surface area contributed by atoms with E-state index < -0.39 is 24.1 Å². The number of alkyl halides is 5. The van der Waals surface area contributed by atoms with E-state index in [4.69, 9.17) is 9.90 Å². The van der Waals surface area contributed by atoms with E-state index in [9.17, 15) is 22.0 Å². The van der Waals surface area contributed by atoms with Crippen LogP contribution in [0.1, 0.15) is 13.8 Å². The zero-order valence-corrected chi connectivity index (χ0v) is 8.32. The maximum absolute atomic E-state index is 11.8. The van der Waals surface area contributed by atoms with Gasteiger partial charge in [-0.15, -0.1) is 0 Å². The Bertz CT molecular complexity index is 202. The van der Waals surface area contributed by atoms with E-state index in [-0.39, 0.29) is 0 Å². The Balaban J connectivity index is 0. The summed E-state index contributed by atoms with van der Waals surface area (Å²) < 4.78 is 55.2. The number of halogens is 5. The van der Waals surface area contributed by atoms with Crippen LogP contribution in [0.5, 0.6) is 0 Å². The maximum Gasteiger partial charge on any atom is 0.490 e. The van der Waals surface area contributed by atoms with Gasteiger partial charge >= 0.3 is 12.1 Å². The van der Waals surface area contributed by atoms with Gasteiger partial charge in [-0.1, -0.05) is 0 Å². The van der Waals surface area contributed by atoms with Gasteiger partial charge in [-0.2, -0.15) is 13.2 Å². The number of nitrogens with one attached hydrogen (secondary N) is 1. The molecule has 2 N–H and O–H groups in total. The van der Waals surface area contributed by atoms with Crippen LogP contribution in [0.15, 0.2) is 0 Å². The van der Waals surface area contributed by atoms with Crippen molar-refractivity contribution >= 4 is 5.97 Å². The molecule has 0 heterocycles. The summed E-state index contributed by atoms with van der Waals surface area (Å²) in [5.41, 5.74) is -1.04. The lowest BCUT2D eigenvalue weighted by Crippen LogP contribution is -2.43. The smallest absolute Gasteiger partial charge is 0.475 e. The SMILES string of the molecule is CNC(C)(C)C(F)F.O=C(O)C(F)(F)F. The van der Waals surface area contributed by atoms with Crippen LogP contribution in [0, 0.1) is 0 Å². The summed E-state index contributed by atoms with van der Waals surface area (Å²) in [6.45, 7) is 2.91. The van der Waals surface area contributed by atoms with Gasteiger partial charge < -0.3 is 10.4 Å². The summed E-state index contributed by atoms with van der Waals surface area (Å²) >= 11 is 0. The zero-order valence-electron chi connectivity index (χ0n) is 8.32. The predicted molar refractivity (Wildman–Crippen MR) is 42.8 cm³/mol. The number of hydrogen-bond donors (Lipinski definition) is 2. The minimum atomic E-state index is -5.08. The molecule has 0 amide bonds. The lowest BCUT2D eigenvalue weighted by molar-refractivity contribution is -0.192. The maximum atomic E-state index is 11.8. The Labute approximate surface area is 83.3 Å². The molecule has 0 aromatic carbocycles. The molecule has 0 unspecified atom stereocenters. The molecule has 0 atom stereocenters. The van der Waals surface area contributed by atoms with E-state index in [0.29, 0.717) is 0 Å². The third kappa shape index (κ3) is 8.10. The molecule has 0 aromatic heterocycles. The third-order valence-electron chi connectivity index (χ3n) is 1.43. The van der Waals surface area contributed by atoms with E-state index in [1.165, 1.54) is 20.9 Å². The lowest BCUT2D eigenvalue weighted by atomic mass is 10.1. The third-order valence-corrected chi connectivity index (χ3v) is 1.43. The first-order valence-electron chi connectivity index (χ1n) is 3.72. The topological polar surface area (TPSA) is 49.3 Å². The van der Waals surface area contributed by atoms with Gasteiger partial charge in [0.25, 0.3) is 6.43 Å². The van der Waals surface area contributed by atoms with Crippen LogP contribution in [-0.4, -0.2) is 36.3 Å². The van der Waals surface area contributed by atoms with Gasteiger partial charge in [0.05, 0.1) is 5.54 Å². The van der Waals surface area contributed by atoms with Crippen LogP contribution in [0.2, 0.25) is 0 Å². The molecule has 0 saturated carbocycles. The van der Waals surface area contributed by atoms with Gasteiger partial charge in [-0.05, 0) is 20.9 Å². The van der Waals surface area contributed by atoms with Gasteiger partial charge in [0, 0.05) is 0 Å². The molecule has 0 aliphatic carbocycles. The van der Waals surface area contributed by atoms with Crippen LogP contribution in [-0.2, 0) is 4.79 Å². The second-order valence-electron chi connectivity index (χ2n) is 3.08. The van der Waals surface area contributed by atoms with E-state index in [1.807, 2.05) is 0 Å². The quantitative estimate of drug-likeness (QED) is 0.721. The van der Waals surface area contributed by atoms with Crippen LogP contribution in [0.25, 0.3) is 0 Å². The standard InChI is InChI=1S/C5H11F2N.C2HF3O2/c1-5(2,8-3)4(6)7;3-2(4,5)1(6)7/h4,8H,1-3H3;(H,6,7). The van der Waals surface area contributed by atoms with E-state index in [2.05, 4.69) is 5.32 Å². The predicted octanol–water partition coefficient (Wildman–Crippen LogP) is 1.88. The molecule has 0 fully saturated rings. The first-order valence-corrected chi connectivity index (χ1v) is 3.72. The fourth-order valence-corrected chi connectivity index (χ4v) is 0.109. The van der Waals surface area contributed by atoms with Gasteiger partial charge in [0.15, 0.2) is 0 Å². The number of aliphatic carboxylic acids is 1. The lowest BCUT2D eigenvalue weighted by Gasteiger charge is -2.21. The molecular weight excluding hydrogens is 225 g/mol. The Morgan fingerprint density at radius 1 is 1.27 bits per heavy atom. The Hall–Kier alpha value is -0.920. The van der Waals surface area contributed by atoms with E-state index in [0.717, 1.165) is 0 Å². The summed E-state index contributed by atoms with van der Waals surface area (Å²) in [5.74, 6) is -2.76. The average Bonchev–Trinajstić information content (AvgIpc) is 2.03. The zero-order chi connectivity index (χ0) is 12.9. The van der Waals surface area contributed by atoms with Crippen molar-refractivity contribution in [1.29, 1.82) is 0 Å². The fraction of sp³-hybridized carbons (Fsp3) is 0.857. The van der Waals surface area contributed by atoms with Crippen LogP contribution < -0.4 is 5.32 Å². The van der Waals surface area contributed by atoms with Gasteiger partial charge in [-0.3, -0.25) is 0 Å². The molecular formula is C7H12F5NO2. The highest BCUT2D eigenvalue weighted by Gasteiger charge is 2.38. The first kappa shape index (κ1) is 16.5. The fourth-order valence-electron chi connectivity index (χ4n) is 0.109. The highest BCUT2D eigenvalue weighted by Crippen LogP contribution is 2.13. The van der Waals surface area contributed by atoms with Crippen molar-refractivity contribution in [1.82, 2.24) is 5.32 Å². The van der Waals surface area contributed by atoms with Crippen molar-refractivity contribution in [2.45, 2.75) is 32.0 Å². The van der Waals surface area contributed by atoms with Crippen molar-refractivity contribution in [3.8, 4) is 0 Å². The monoisotopic (exact) mass is 237 g/mol. The highest BCUT2D eigenvalue weighted by atomic mass is 19.4. The van der Waals surface area contributed by atoms with Gasteiger partial charge in [-0.25, -0.2) is 13.6 Å². The van der Waals surface area contributed by atoms with Crippen molar-refractivity contribution in [3.05, 3.63) is 0 Å². The van der Waals surface area contributed by atoms with Crippen molar-refractivity contribution in [2.24, 2.45) is 0 Å². The summed E-state index contributed by atoms with van der Waals surface area (Å²) in [7, 11) is 1.52.